The molecule has 1 aliphatic heterocycles. The molecule has 1 aliphatic rings. The van der Waals surface area contributed by atoms with Crippen molar-refractivity contribution < 1.29 is 14.0 Å². The third kappa shape index (κ3) is 5.67. The number of aryl methyl sites for hydroxylation is 3. The normalized spacial score (nSPS) is 15.7. The Morgan fingerprint density at radius 3 is 2.63 bits per heavy atom. The van der Waals surface area contributed by atoms with Gasteiger partial charge in [-0.3, -0.25) is 14.3 Å². The molecule has 6 nitrogen and oxygen atoms in total. The Hall–Kier alpha value is -3.74. The maximum absolute atomic E-state index is 13.4. The van der Waals surface area contributed by atoms with Crippen LogP contribution in [0.15, 0.2) is 60.3 Å². The highest BCUT2D eigenvalue weighted by Gasteiger charge is 2.29. The molecular formula is C28H31FN4O2. The van der Waals surface area contributed by atoms with Crippen LogP contribution in [-0.2, 0) is 16.1 Å². The van der Waals surface area contributed by atoms with E-state index in [1.807, 2.05) is 36.7 Å². The summed E-state index contributed by atoms with van der Waals surface area (Å²) in [4.78, 5) is 25.3. The highest BCUT2D eigenvalue weighted by molar-refractivity contribution is 6.07. The van der Waals surface area contributed by atoms with Crippen LogP contribution < -0.4 is 10.6 Å². The molecule has 0 radical (unpaired) electrons. The molecule has 0 saturated heterocycles. The summed E-state index contributed by atoms with van der Waals surface area (Å²) >= 11 is 0. The molecule has 0 spiro atoms. The molecule has 182 valence electrons. The van der Waals surface area contributed by atoms with Gasteiger partial charge in [-0.2, -0.15) is 5.10 Å². The molecule has 2 heterocycles. The summed E-state index contributed by atoms with van der Waals surface area (Å²) in [5, 5.41) is 10.4. The number of carbonyl (C=O) groups is 2. The predicted molar refractivity (Wildman–Crippen MR) is 135 cm³/mol. The zero-order chi connectivity index (χ0) is 25.1. The van der Waals surface area contributed by atoms with Crippen LogP contribution in [0.3, 0.4) is 0 Å². The second kappa shape index (κ2) is 10.3. The van der Waals surface area contributed by atoms with Crippen LogP contribution >= 0.6 is 0 Å². The van der Waals surface area contributed by atoms with Gasteiger partial charge in [0, 0.05) is 47.6 Å². The van der Waals surface area contributed by atoms with Crippen LogP contribution in [0.2, 0.25) is 0 Å². The van der Waals surface area contributed by atoms with Gasteiger partial charge in [-0.05, 0) is 61.6 Å². The molecule has 2 aromatic carbocycles. The molecule has 4 rings (SSSR count). The first-order chi connectivity index (χ1) is 16.7. The van der Waals surface area contributed by atoms with Gasteiger partial charge in [0.25, 0.3) is 5.91 Å². The number of aromatic nitrogens is 2. The van der Waals surface area contributed by atoms with Crippen LogP contribution in [0.25, 0.3) is 11.3 Å². The number of hydrogen-bond acceptors (Lipinski definition) is 3. The van der Waals surface area contributed by atoms with E-state index < -0.39 is 5.92 Å². The molecule has 0 bridgehead atoms. The first-order valence-corrected chi connectivity index (χ1v) is 11.9. The van der Waals surface area contributed by atoms with Crippen LogP contribution in [0.4, 0.5) is 10.1 Å². The molecular weight excluding hydrogens is 443 g/mol. The fourth-order valence-corrected chi connectivity index (χ4v) is 4.20. The Labute approximate surface area is 205 Å². The third-order valence-electron chi connectivity index (χ3n) is 6.37. The lowest BCUT2D eigenvalue weighted by Gasteiger charge is -2.24. The third-order valence-corrected chi connectivity index (χ3v) is 6.37. The lowest BCUT2D eigenvalue weighted by Crippen LogP contribution is -2.32. The second-order valence-corrected chi connectivity index (χ2v) is 9.54. The summed E-state index contributed by atoms with van der Waals surface area (Å²) in [6.07, 6.45) is 2.63. The quantitative estimate of drug-likeness (QED) is 0.476. The summed E-state index contributed by atoms with van der Waals surface area (Å²) in [6.45, 7) is 9.24. The minimum absolute atomic E-state index is 0.122. The fraction of sp³-hybridized carbons (Fsp3) is 0.321. The topological polar surface area (TPSA) is 76.0 Å². The van der Waals surface area contributed by atoms with E-state index in [1.165, 1.54) is 18.3 Å². The van der Waals surface area contributed by atoms with Crippen molar-refractivity contribution in [3.05, 3.63) is 82.9 Å². The zero-order valence-electron chi connectivity index (χ0n) is 20.6. The van der Waals surface area contributed by atoms with Crippen molar-refractivity contribution >= 4 is 17.5 Å². The largest absolute Gasteiger partial charge is 0.332 e. The number of nitrogens with zero attached hydrogens (tertiary/aromatic N) is 2. The van der Waals surface area contributed by atoms with E-state index in [1.54, 1.807) is 12.1 Å². The van der Waals surface area contributed by atoms with Gasteiger partial charge in [0.05, 0.1) is 5.69 Å². The van der Waals surface area contributed by atoms with Gasteiger partial charge in [-0.25, -0.2) is 4.39 Å². The van der Waals surface area contributed by atoms with Crippen LogP contribution in [0, 0.1) is 25.6 Å². The summed E-state index contributed by atoms with van der Waals surface area (Å²) in [7, 11) is 0. The molecule has 1 unspecified atom stereocenters. The second-order valence-electron chi connectivity index (χ2n) is 9.54. The lowest BCUT2D eigenvalue weighted by molar-refractivity contribution is -0.121. The first kappa shape index (κ1) is 24.4. The number of benzene rings is 2. The van der Waals surface area contributed by atoms with Gasteiger partial charge in [0.1, 0.15) is 5.82 Å². The van der Waals surface area contributed by atoms with Crippen LogP contribution in [-0.4, -0.2) is 21.6 Å². The van der Waals surface area contributed by atoms with Crippen molar-refractivity contribution in [1.29, 1.82) is 0 Å². The molecule has 1 aromatic heterocycles. The lowest BCUT2D eigenvalue weighted by atomic mass is 9.86. The smallest absolute Gasteiger partial charge is 0.253 e. The first-order valence-electron chi connectivity index (χ1n) is 11.9. The summed E-state index contributed by atoms with van der Waals surface area (Å²) in [5.41, 5.74) is 5.60. The Balaban J connectivity index is 1.57. The Bertz CT molecular complexity index is 1270. The maximum Gasteiger partial charge on any atom is 0.253 e. The summed E-state index contributed by atoms with van der Waals surface area (Å²) < 4.78 is 15.4. The van der Waals surface area contributed by atoms with E-state index in [-0.39, 0.29) is 24.1 Å². The standard InChI is InChI=1S/C28H31FN4O2/c1-17(2)11-12-33-19(4)13-26(32-33)21-6-5-18(3)25(14-21)31-28(35)24-16-30-27(34)15-23(24)20-7-9-22(29)10-8-20/h5-10,13-14,16-17,23H,11-12,15H2,1-4H3,(H,30,34)(H,31,35). The van der Waals surface area contributed by atoms with Crippen molar-refractivity contribution in [3.8, 4) is 11.3 Å². The number of rotatable bonds is 7. The van der Waals surface area contributed by atoms with Crippen molar-refractivity contribution in [2.24, 2.45) is 5.92 Å². The molecule has 7 heteroatoms. The molecule has 0 fully saturated rings. The molecule has 0 aliphatic carbocycles. The van der Waals surface area contributed by atoms with Crippen LogP contribution in [0.5, 0.6) is 0 Å². The molecule has 3 aromatic rings. The Morgan fingerprint density at radius 1 is 1.17 bits per heavy atom. The number of nitrogens with one attached hydrogen (secondary N) is 2. The van der Waals surface area contributed by atoms with Gasteiger partial charge < -0.3 is 10.6 Å². The minimum atomic E-state index is -0.452. The average Bonchev–Trinajstić information content (AvgIpc) is 3.20. The predicted octanol–water partition coefficient (Wildman–Crippen LogP) is 5.48. The van der Waals surface area contributed by atoms with Crippen molar-refractivity contribution in [3.63, 3.8) is 0 Å². The zero-order valence-corrected chi connectivity index (χ0v) is 20.6. The Kier molecular flexibility index (Phi) is 7.15. The maximum atomic E-state index is 13.4. The molecule has 2 amide bonds. The SMILES string of the molecule is Cc1ccc(-c2cc(C)n(CCC(C)C)n2)cc1NC(=O)C1=CNC(=O)CC1c1ccc(F)cc1. The number of amides is 2. The van der Waals surface area contributed by atoms with E-state index in [9.17, 15) is 14.0 Å². The van der Waals surface area contributed by atoms with Gasteiger partial charge in [-0.15, -0.1) is 0 Å². The van der Waals surface area contributed by atoms with Gasteiger partial charge >= 0.3 is 0 Å². The monoisotopic (exact) mass is 474 g/mol. The number of carbonyl (C=O) groups excluding carboxylic acids is 2. The summed E-state index contributed by atoms with van der Waals surface area (Å²) in [5.74, 6) is -0.706. The number of anilines is 1. The number of halogens is 1. The van der Waals surface area contributed by atoms with E-state index in [0.29, 0.717) is 17.2 Å². The fourth-order valence-electron chi connectivity index (χ4n) is 4.20. The van der Waals surface area contributed by atoms with Crippen molar-refractivity contribution in [2.75, 3.05) is 5.32 Å². The summed E-state index contributed by atoms with van der Waals surface area (Å²) in [6, 6.07) is 13.9. The highest BCUT2D eigenvalue weighted by atomic mass is 19.1. The average molecular weight is 475 g/mol. The van der Waals surface area contributed by atoms with Crippen molar-refractivity contribution in [2.45, 2.75) is 53.0 Å². The van der Waals surface area contributed by atoms with Gasteiger partial charge in [0.15, 0.2) is 0 Å². The molecule has 35 heavy (non-hydrogen) atoms. The van der Waals surface area contributed by atoms with Gasteiger partial charge in [0.2, 0.25) is 5.91 Å². The Morgan fingerprint density at radius 2 is 1.91 bits per heavy atom. The van der Waals surface area contributed by atoms with E-state index in [0.717, 1.165) is 41.0 Å². The molecule has 2 N–H and O–H groups in total. The molecule has 0 saturated carbocycles. The minimum Gasteiger partial charge on any atom is -0.332 e. The van der Waals surface area contributed by atoms with E-state index in [4.69, 9.17) is 5.10 Å². The highest BCUT2D eigenvalue weighted by Crippen LogP contribution is 2.32. The number of hydrogen-bond donors (Lipinski definition) is 2. The van der Waals surface area contributed by atoms with Crippen molar-refractivity contribution in [1.82, 2.24) is 15.1 Å². The van der Waals surface area contributed by atoms with Crippen LogP contribution in [0.1, 0.15) is 49.4 Å². The van der Waals surface area contributed by atoms with Gasteiger partial charge in [-0.1, -0.05) is 38.1 Å². The molecule has 1 atom stereocenters. The van der Waals surface area contributed by atoms with E-state index >= 15 is 0 Å². The van der Waals surface area contributed by atoms with E-state index in [2.05, 4.69) is 30.5 Å².